The van der Waals surface area contributed by atoms with E-state index in [4.69, 9.17) is 0 Å². The number of carbonyl (C=O) groups is 4. The van der Waals surface area contributed by atoms with Crippen molar-refractivity contribution in [1.82, 2.24) is 9.80 Å². The van der Waals surface area contributed by atoms with Crippen molar-refractivity contribution < 1.29 is 19.2 Å². The summed E-state index contributed by atoms with van der Waals surface area (Å²) >= 11 is 0. The Labute approximate surface area is 147 Å². The molecule has 134 valence electrons. The van der Waals surface area contributed by atoms with Gasteiger partial charge in [0.1, 0.15) is 0 Å². The first-order chi connectivity index (χ1) is 11.7. The zero-order chi connectivity index (χ0) is 18.7. The van der Waals surface area contributed by atoms with Crippen molar-refractivity contribution in [3.05, 3.63) is 35.9 Å². The molecule has 1 saturated heterocycles. The molecule has 25 heavy (non-hydrogen) atoms. The molecule has 1 aromatic carbocycles. The van der Waals surface area contributed by atoms with Crippen LogP contribution in [0.4, 0.5) is 4.79 Å². The molecule has 2 rings (SSSR count). The minimum atomic E-state index is -1.49. The lowest BCUT2D eigenvalue weighted by Crippen LogP contribution is -2.62. The van der Waals surface area contributed by atoms with Gasteiger partial charge >= 0.3 is 6.03 Å². The molecule has 1 fully saturated rings. The largest absolute Gasteiger partial charge is 0.333 e. The fourth-order valence-corrected chi connectivity index (χ4v) is 2.81. The number of urea groups is 1. The summed E-state index contributed by atoms with van der Waals surface area (Å²) < 4.78 is 0. The number of amides is 4. The topological polar surface area (TPSA) is 74.8 Å². The molecule has 0 saturated carbocycles. The SMILES string of the molecule is CC(C)CN1C(=O)C(C(=O)c2ccccc2)C(=O)N(CC(C)C)C1=O. The highest BCUT2D eigenvalue weighted by Crippen LogP contribution is 2.23. The molecule has 4 amide bonds. The van der Waals surface area contributed by atoms with Gasteiger partial charge in [-0.2, -0.15) is 0 Å². The van der Waals surface area contributed by atoms with Crippen molar-refractivity contribution in [2.24, 2.45) is 17.8 Å². The molecule has 0 N–H and O–H groups in total. The second kappa shape index (κ2) is 7.59. The van der Waals surface area contributed by atoms with Gasteiger partial charge in [0, 0.05) is 18.7 Å². The Balaban J connectivity index is 2.42. The maximum absolute atomic E-state index is 12.8. The third-order valence-corrected chi connectivity index (χ3v) is 3.90. The molecule has 0 aromatic heterocycles. The lowest BCUT2D eigenvalue weighted by atomic mass is 9.92. The van der Waals surface area contributed by atoms with Gasteiger partial charge < -0.3 is 0 Å². The van der Waals surface area contributed by atoms with Crippen LogP contribution in [0.1, 0.15) is 38.1 Å². The lowest BCUT2D eigenvalue weighted by molar-refractivity contribution is -0.147. The van der Waals surface area contributed by atoms with E-state index in [-0.39, 0.29) is 30.5 Å². The van der Waals surface area contributed by atoms with Gasteiger partial charge in [0.25, 0.3) is 11.8 Å². The molecular weight excluding hydrogens is 320 g/mol. The van der Waals surface area contributed by atoms with Crippen LogP contribution in [0, 0.1) is 17.8 Å². The molecular formula is C19H24N2O4. The summed E-state index contributed by atoms with van der Waals surface area (Å²) in [5.74, 6) is -3.43. The molecule has 1 aliphatic rings. The maximum Gasteiger partial charge on any atom is 0.333 e. The molecule has 6 heteroatoms. The van der Waals surface area contributed by atoms with E-state index in [0.29, 0.717) is 0 Å². The van der Waals surface area contributed by atoms with Crippen LogP contribution in [0.5, 0.6) is 0 Å². The van der Waals surface area contributed by atoms with E-state index in [1.807, 2.05) is 27.7 Å². The van der Waals surface area contributed by atoms with E-state index in [2.05, 4.69) is 0 Å². The first-order valence-electron chi connectivity index (χ1n) is 8.50. The molecule has 0 aliphatic carbocycles. The normalized spacial score (nSPS) is 16.3. The van der Waals surface area contributed by atoms with E-state index >= 15 is 0 Å². The molecule has 1 aliphatic heterocycles. The zero-order valence-electron chi connectivity index (χ0n) is 15.1. The van der Waals surface area contributed by atoms with Crippen LogP contribution in [0.15, 0.2) is 30.3 Å². The summed E-state index contributed by atoms with van der Waals surface area (Å²) in [6.07, 6.45) is 0. The zero-order valence-corrected chi connectivity index (χ0v) is 15.1. The lowest BCUT2D eigenvalue weighted by Gasteiger charge is -2.37. The van der Waals surface area contributed by atoms with Gasteiger partial charge in [-0.3, -0.25) is 24.2 Å². The Morgan fingerprint density at radius 3 is 1.72 bits per heavy atom. The Kier molecular flexibility index (Phi) is 5.72. The van der Waals surface area contributed by atoms with Crippen LogP contribution >= 0.6 is 0 Å². The van der Waals surface area contributed by atoms with Crippen LogP contribution in [0.2, 0.25) is 0 Å². The van der Waals surface area contributed by atoms with Crippen molar-refractivity contribution >= 4 is 23.6 Å². The van der Waals surface area contributed by atoms with Crippen molar-refractivity contribution in [3.8, 4) is 0 Å². The van der Waals surface area contributed by atoms with Gasteiger partial charge in [-0.05, 0) is 11.8 Å². The standard InChI is InChI=1S/C19H24N2O4/c1-12(2)10-20-17(23)15(16(22)14-8-6-5-7-9-14)18(24)21(19(20)25)11-13(3)4/h5-9,12-13,15H,10-11H2,1-4H3. The predicted octanol–water partition coefficient (Wildman–Crippen LogP) is 2.59. The van der Waals surface area contributed by atoms with Gasteiger partial charge in [0.05, 0.1) is 0 Å². The van der Waals surface area contributed by atoms with E-state index < -0.39 is 29.5 Å². The highest BCUT2D eigenvalue weighted by molar-refractivity contribution is 6.29. The molecule has 1 heterocycles. The van der Waals surface area contributed by atoms with Crippen LogP contribution in [0.25, 0.3) is 0 Å². The summed E-state index contributed by atoms with van der Waals surface area (Å²) in [6, 6.07) is 7.61. The van der Waals surface area contributed by atoms with Crippen molar-refractivity contribution in [2.75, 3.05) is 13.1 Å². The maximum atomic E-state index is 12.8. The van der Waals surface area contributed by atoms with Crippen LogP contribution < -0.4 is 0 Å². The molecule has 0 unspecified atom stereocenters. The summed E-state index contributed by atoms with van der Waals surface area (Å²) in [7, 11) is 0. The summed E-state index contributed by atoms with van der Waals surface area (Å²) in [5.41, 5.74) is 0.289. The second-order valence-corrected chi connectivity index (χ2v) is 7.13. The molecule has 0 bridgehead atoms. The number of ketones is 1. The summed E-state index contributed by atoms with van der Waals surface area (Å²) in [5, 5.41) is 0. The molecule has 6 nitrogen and oxygen atoms in total. The number of hydrogen-bond acceptors (Lipinski definition) is 4. The van der Waals surface area contributed by atoms with Crippen LogP contribution in [0.3, 0.4) is 0 Å². The Bertz CT molecular complexity index is 650. The third-order valence-electron chi connectivity index (χ3n) is 3.90. The van der Waals surface area contributed by atoms with Gasteiger partial charge in [-0.15, -0.1) is 0 Å². The highest BCUT2D eigenvalue weighted by atomic mass is 16.2. The average molecular weight is 344 g/mol. The fourth-order valence-electron chi connectivity index (χ4n) is 2.81. The number of rotatable bonds is 6. The van der Waals surface area contributed by atoms with Gasteiger partial charge in [-0.25, -0.2) is 4.79 Å². The number of imide groups is 2. The number of barbiturate groups is 1. The monoisotopic (exact) mass is 344 g/mol. The van der Waals surface area contributed by atoms with E-state index in [0.717, 1.165) is 9.80 Å². The molecule has 1 aromatic rings. The van der Waals surface area contributed by atoms with Crippen LogP contribution in [-0.4, -0.2) is 46.5 Å². The fraction of sp³-hybridized carbons (Fsp3) is 0.474. The number of nitrogens with zero attached hydrogens (tertiary/aromatic N) is 2. The second-order valence-electron chi connectivity index (χ2n) is 7.13. The molecule has 0 atom stereocenters. The summed E-state index contributed by atoms with van der Waals surface area (Å²) in [4.78, 5) is 53.0. The Morgan fingerprint density at radius 2 is 1.32 bits per heavy atom. The quantitative estimate of drug-likeness (QED) is 0.587. The average Bonchev–Trinajstić information content (AvgIpc) is 2.56. The van der Waals surface area contributed by atoms with E-state index in [1.165, 1.54) is 0 Å². The number of carbonyl (C=O) groups excluding carboxylic acids is 4. The summed E-state index contributed by atoms with van der Waals surface area (Å²) in [6.45, 7) is 7.85. The van der Waals surface area contributed by atoms with Crippen molar-refractivity contribution in [2.45, 2.75) is 27.7 Å². The van der Waals surface area contributed by atoms with Crippen LogP contribution in [-0.2, 0) is 9.59 Å². The minimum Gasteiger partial charge on any atom is -0.293 e. The Hall–Kier alpha value is -2.50. The number of benzene rings is 1. The first kappa shape index (κ1) is 18.8. The van der Waals surface area contributed by atoms with Crippen molar-refractivity contribution in [1.29, 1.82) is 0 Å². The third kappa shape index (κ3) is 3.95. The van der Waals surface area contributed by atoms with E-state index in [9.17, 15) is 19.2 Å². The first-order valence-corrected chi connectivity index (χ1v) is 8.50. The Morgan fingerprint density at radius 1 is 0.880 bits per heavy atom. The van der Waals surface area contributed by atoms with Gasteiger partial charge in [0.2, 0.25) is 0 Å². The van der Waals surface area contributed by atoms with Gasteiger partial charge in [-0.1, -0.05) is 58.0 Å². The molecule has 0 radical (unpaired) electrons. The highest BCUT2D eigenvalue weighted by Gasteiger charge is 2.49. The number of hydrogen-bond donors (Lipinski definition) is 0. The smallest absolute Gasteiger partial charge is 0.293 e. The minimum absolute atomic E-state index is 0.0366. The van der Waals surface area contributed by atoms with Gasteiger partial charge in [0.15, 0.2) is 11.7 Å². The predicted molar refractivity (Wildman–Crippen MR) is 92.8 cm³/mol. The van der Waals surface area contributed by atoms with E-state index in [1.54, 1.807) is 30.3 Å². The molecule has 0 spiro atoms. The number of Topliss-reactive ketones (excluding diaryl/α,β-unsaturated/α-hetero) is 1. The van der Waals surface area contributed by atoms with Crippen molar-refractivity contribution in [3.63, 3.8) is 0 Å².